The maximum absolute atomic E-state index is 12.4. The molecule has 22 heavy (non-hydrogen) atoms. The lowest BCUT2D eigenvalue weighted by atomic mass is 10.1. The molecule has 0 N–H and O–H groups in total. The summed E-state index contributed by atoms with van der Waals surface area (Å²) in [5.74, 6) is 0.940. The molecule has 0 aliphatic carbocycles. The van der Waals surface area contributed by atoms with E-state index in [-0.39, 0.29) is 11.0 Å². The van der Waals surface area contributed by atoms with E-state index in [0.717, 1.165) is 48.3 Å². The van der Waals surface area contributed by atoms with Crippen LogP contribution in [0, 0.1) is 0 Å². The van der Waals surface area contributed by atoms with Gasteiger partial charge in [-0.1, -0.05) is 49.4 Å². The Morgan fingerprint density at radius 2 is 1.86 bits per heavy atom. The summed E-state index contributed by atoms with van der Waals surface area (Å²) >= 11 is 1.38. The Kier molecular flexibility index (Phi) is 6.05. The third-order valence-electron chi connectivity index (χ3n) is 3.68. The van der Waals surface area contributed by atoms with Crippen molar-refractivity contribution < 1.29 is 9.59 Å². The molecule has 0 spiro atoms. The molecule has 1 aromatic rings. The summed E-state index contributed by atoms with van der Waals surface area (Å²) in [6.07, 6.45) is 4.14. The number of nitrogens with zero attached hydrogens (tertiary/aromatic N) is 1. The lowest BCUT2D eigenvalue weighted by molar-refractivity contribution is -0.109. The summed E-state index contributed by atoms with van der Waals surface area (Å²) < 4.78 is 0. The average molecular weight is 315 g/mol. The van der Waals surface area contributed by atoms with Crippen LogP contribution in [0.1, 0.15) is 48.5 Å². The molecular weight excluding hydrogens is 294 g/mol. The summed E-state index contributed by atoms with van der Waals surface area (Å²) in [7, 11) is 0. The van der Waals surface area contributed by atoms with Gasteiger partial charge in [0.1, 0.15) is 0 Å². The number of hydrogen-bond donors (Lipinski definition) is 0. The van der Waals surface area contributed by atoms with Gasteiger partial charge >= 0.3 is 0 Å². The lowest BCUT2D eigenvalue weighted by Crippen LogP contribution is -2.24. The van der Waals surface area contributed by atoms with Crippen molar-refractivity contribution >= 4 is 28.5 Å². The first-order chi connectivity index (χ1) is 10.6. The number of amides is 1. The molecule has 1 amide bonds. The van der Waals surface area contributed by atoms with Gasteiger partial charge in [-0.3, -0.25) is 9.59 Å². The topological polar surface area (TPSA) is 37.4 Å². The molecular formula is C18H21NO2S. The molecule has 4 heteroatoms. The molecule has 0 fully saturated rings. The van der Waals surface area contributed by atoms with Crippen LogP contribution in [0.2, 0.25) is 0 Å². The lowest BCUT2D eigenvalue weighted by Gasteiger charge is -2.16. The van der Waals surface area contributed by atoms with Crippen LogP contribution in [-0.4, -0.2) is 28.2 Å². The minimum atomic E-state index is 0.0499. The second kappa shape index (κ2) is 8.02. The van der Waals surface area contributed by atoms with Gasteiger partial charge in [-0.15, -0.1) is 5.73 Å². The minimum Gasteiger partial charge on any atom is -0.301 e. The van der Waals surface area contributed by atoms with Gasteiger partial charge in [0.2, 0.25) is 0 Å². The van der Waals surface area contributed by atoms with Gasteiger partial charge in [-0.25, -0.2) is 0 Å². The smallest absolute Gasteiger partial charge is 0.259 e. The number of benzene rings is 1. The molecule has 0 unspecified atom stereocenters. The zero-order valence-electron chi connectivity index (χ0n) is 12.9. The Balaban J connectivity index is 1.81. The van der Waals surface area contributed by atoms with Crippen LogP contribution in [-0.2, 0) is 4.79 Å². The van der Waals surface area contributed by atoms with Crippen molar-refractivity contribution in [2.45, 2.75) is 32.6 Å². The summed E-state index contributed by atoms with van der Waals surface area (Å²) in [6, 6.07) is 7.61. The molecule has 1 aliphatic rings. The van der Waals surface area contributed by atoms with Crippen molar-refractivity contribution in [1.82, 2.24) is 4.90 Å². The molecule has 0 aromatic heterocycles. The van der Waals surface area contributed by atoms with Gasteiger partial charge in [0.25, 0.3) is 5.91 Å². The third-order valence-corrected chi connectivity index (χ3v) is 4.58. The normalized spacial score (nSPS) is 13.2. The minimum absolute atomic E-state index is 0.0499. The number of carbonyl (C=O) groups excluding carboxylic acids is 2. The van der Waals surface area contributed by atoms with E-state index in [9.17, 15) is 9.59 Å². The molecule has 0 bridgehead atoms. The summed E-state index contributed by atoms with van der Waals surface area (Å²) in [5.41, 5.74) is 5.38. The van der Waals surface area contributed by atoms with E-state index in [1.165, 1.54) is 11.8 Å². The monoisotopic (exact) mass is 315 g/mol. The standard InChI is InChI=1S/C18H21NO2S/c1-3-17-15-10-6-7-11-16(15)18(21)19(17)12-8-4-5-9-13-22-14(2)20/h6-7,10-11H,1,4-5,8-9,12-13H2,2H3. The molecule has 1 aromatic carbocycles. The number of thioether (sulfide) groups is 1. The highest BCUT2D eigenvalue weighted by Crippen LogP contribution is 2.31. The molecule has 0 saturated heterocycles. The SMILES string of the molecule is C=C=C1c2ccccc2C(=O)N1CCCCCCSC(C)=O. The molecule has 0 atom stereocenters. The zero-order chi connectivity index (χ0) is 15.9. The molecule has 3 nitrogen and oxygen atoms in total. The van der Waals surface area contributed by atoms with E-state index in [2.05, 4.69) is 12.3 Å². The first-order valence-corrected chi connectivity index (χ1v) is 8.58. The first kappa shape index (κ1) is 16.6. The van der Waals surface area contributed by atoms with Crippen LogP contribution in [0.3, 0.4) is 0 Å². The fourth-order valence-corrected chi connectivity index (χ4v) is 3.25. The van der Waals surface area contributed by atoms with Gasteiger partial charge in [0, 0.05) is 30.3 Å². The van der Waals surface area contributed by atoms with Crippen LogP contribution in [0.4, 0.5) is 0 Å². The number of unbranched alkanes of at least 4 members (excludes halogenated alkanes) is 3. The Hall–Kier alpha value is -1.77. The molecule has 116 valence electrons. The van der Waals surface area contributed by atoms with Crippen molar-refractivity contribution in [1.29, 1.82) is 0 Å². The van der Waals surface area contributed by atoms with E-state index < -0.39 is 0 Å². The van der Waals surface area contributed by atoms with Gasteiger partial charge < -0.3 is 4.90 Å². The van der Waals surface area contributed by atoms with Gasteiger partial charge in [-0.2, -0.15) is 0 Å². The first-order valence-electron chi connectivity index (χ1n) is 7.60. The van der Waals surface area contributed by atoms with E-state index in [1.54, 1.807) is 11.8 Å². The van der Waals surface area contributed by atoms with E-state index >= 15 is 0 Å². The number of fused-ring (bicyclic) bond motifs is 1. The molecule has 1 heterocycles. The van der Waals surface area contributed by atoms with Gasteiger partial charge in [-0.05, 0) is 18.9 Å². The second-order valence-corrected chi connectivity index (χ2v) is 6.55. The van der Waals surface area contributed by atoms with Crippen LogP contribution in [0.25, 0.3) is 5.70 Å². The molecule has 1 aliphatic heterocycles. The summed E-state index contributed by atoms with van der Waals surface area (Å²) in [4.78, 5) is 25.0. The van der Waals surface area contributed by atoms with Crippen molar-refractivity contribution in [3.05, 3.63) is 47.7 Å². The largest absolute Gasteiger partial charge is 0.301 e. The molecule has 0 saturated carbocycles. The number of hydrogen-bond acceptors (Lipinski definition) is 3. The van der Waals surface area contributed by atoms with E-state index in [4.69, 9.17) is 0 Å². The second-order valence-electron chi connectivity index (χ2n) is 5.28. The Labute approximate surface area is 136 Å². The summed E-state index contributed by atoms with van der Waals surface area (Å²) in [5, 5.41) is 0.182. The van der Waals surface area contributed by atoms with Crippen LogP contribution in [0.5, 0.6) is 0 Å². The number of rotatable bonds is 7. The van der Waals surface area contributed by atoms with E-state index in [0.29, 0.717) is 6.54 Å². The van der Waals surface area contributed by atoms with Crippen molar-refractivity contribution in [2.75, 3.05) is 12.3 Å². The van der Waals surface area contributed by atoms with Crippen LogP contribution in [0.15, 0.2) is 36.6 Å². The highest BCUT2D eigenvalue weighted by molar-refractivity contribution is 8.13. The maximum atomic E-state index is 12.4. The fraction of sp³-hybridized carbons (Fsp3) is 0.389. The van der Waals surface area contributed by atoms with E-state index in [1.807, 2.05) is 24.3 Å². The predicted octanol–water partition coefficient (Wildman–Crippen LogP) is 4.11. The van der Waals surface area contributed by atoms with Crippen molar-refractivity contribution in [3.63, 3.8) is 0 Å². The van der Waals surface area contributed by atoms with Crippen molar-refractivity contribution in [3.8, 4) is 0 Å². The Morgan fingerprint density at radius 3 is 2.55 bits per heavy atom. The third kappa shape index (κ3) is 3.90. The molecule has 2 rings (SSSR count). The maximum Gasteiger partial charge on any atom is 0.259 e. The molecule has 0 radical (unpaired) electrons. The predicted molar refractivity (Wildman–Crippen MR) is 91.6 cm³/mol. The van der Waals surface area contributed by atoms with Gasteiger partial charge in [0.15, 0.2) is 5.12 Å². The average Bonchev–Trinajstić information content (AvgIpc) is 2.78. The zero-order valence-corrected chi connectivity index (χ0v) is 13.7. The summed E-state index contributed by atoms with van der Waals surface area (Å²) in [6.45, 7) is 6.02. The van der Waals surface area contributed by atoms with Crippen LogP contribution < -0.4 is 0 Å². The Bertz CT molecular complexity index is 617. The number of carbonyl (C=O) groups is 2. The highest BCUT2D eigenvalue weighted by atomic mass is 32.2. The Morgan fingerprint density at radius 1 is 1.18 bits per heavy atom. The van der Waals surface area contributed by atoms with Gasteiger partial charge in [0.05, 0.1) is 5.70 Å². The van der Waals surface area contributed by atoms with Crippen molar-refractivity contribution in [2.24, 2.45) is 0 Å². The fourth-order valence-electron chi connectivity index (χ4n) is 2.61. The highest BCUT2D eigenvalue weighted by Gasteiger charge is 2.30. The van der Waals surface area contributed by atoms with Crippen LogP contribution >= 0.6 is 11.8 Å². The quantitative estimate of drug-likeness (QED) is 0.561.